The molecule has 29 heavy (non-hydrogen) atoms. The van der Waals surface area contributed by atoms with Crippen LogP contribution in [0.4, 0.5) is 0 Å². The highest BCUT2D eigenvalue weighted by molar-refractivity contribution is 6.02. The number of carbonyl (C=O) groups is 2. The molecule has 7 heteroatoms. The molecule has 2 aliphatic rings. The fourth-order valence-electron chi connectivity index (χ4n) is 3.40. The van der Waals surface area contributed by atoms with E-state index in [0.29, 0.717) is 22.8 Å². The third-order valence-corrected chi connectivity index (χ3v) is 4.81. The zero-order chi connectivity index (χ0) is 20.4. The Kier molecular flexibility index (Phi) is 5.12. The van der Waals surface area contributed by atoms with Crippen LogP contribution < -0.4 is 14.2 Å². The molecular formula is C22H20O7. The Labute approximate surface area is 167 Å². The number of esters is 2. The molecule has 0 spiro atoms. The molecule has 2 aliphatic heterocycles. The lowest BCUT2D eigenvalue weighted by molar-refractivity contribution is -0.149. The largest absolute Gasteiger partial charge is 0.497 e. The summed E-state index contributed by atoms with van der Waals surface area (Å²) in [6.07, 6.45) is 0.844. The maximum atomic E-state index is 12.7. The van der Waals surface area contributed by atoms with Crippen LogP contribution in [0.25, 0.3) is 6.08 Å². The molecule has 0 saturated carbocycles. The predicted molar refractivity (Wildman–Crippen MR) is 102 cm³/mol. The van der Waals surface area contributed by atoms with Crippen LogP contribution in [-0.2, 0) is 19.1 Å². The van der Waals surface area contributed by atoms with Gasteiger partial charge in [-0.25, -0.2) is 4.79 Å². The summed E-state index contributed by atoms with van der Waals surface area (Å²) in [6.45, 7) is 2.05. The first-order valence-corrected chi connectivity index (χ1v) is 9.23. The highest BCUT2D eigenvalue weighted by atomic mass is 16.7. The number of hydrogen-bond donors (Lipinski definition) is 0. The average molecular weight is 396 g/mol. The lowest BCUT2D eigenvalue weighted by Crippen LogP contribution is -2.22. The molecule has 2 heterocycles. The van der Waals surface area contributed by atoms with Crippen molar-refractivity contribution in [2.75, 3.05) is 20.5 Å². The fraction of sp³-hybridized carbons (Fsp3) is 0.273. The summed E-state index contributed by atoms with van der Waals surface area (Å²) in [6, 6.07) is 12.4. The molecular weight excluding hydrogens is 376 g/mol. The molecule has 0 aromatic heterocycles. The van der Waals surface area contributed by atoms with Gasteiger partial charge in [-0.2, -0.15) is 0 Å². The SMILES string of the molecule is CCOC(=O)[C@H]1/C(=C\c2ccc(OC)cc2)C(=O)O[C@H]1c1ccc2c(c1)OCO2. The van der Waals surface area contributed by atoms with Crippen molar-refractivity contribution < 1.29 is 33.3 Å². The van der Waals surface area contributed by atoms with Crippen LogP contribution >= 0.6 is 0 Å². The molecule has 7 nitrogen and oxygen atoms in total. The Hall–Kier alpha value is -3.48. The van der Waals surface area contributed by atoms with Crippen molar-refractivity contribution in [2.24, 2.45) is 5.92 Å². The molecule has 2 atom stereocenters. The third-order valence-electron chi connectivity index (χ3n) is 4.81. The second kappa shape index (κ2) is 7.87. The maximum absolute atomic E-state index is 12.7. The van der Waals surface area contributed by atoms with Gasteiger partial charge in [0, 0.05) is 0 Å². The van der Waals surface area contributed by atoms with E-state index >= 15 is 0 Å². The molecule has 1 fully saturated rings. The zero-order valence-corrected chi connectivity index (χ0v) is 16.0. The minimum absolute atomic E-state index is 0.132. The average Bonchev–Trinajstić information content (AvgIpc) is 3.33. The van der Waals surface area contributed by atoms with Gasteiger partial charge in [0.15, 0.2) is 11.5 Å². The quantitative estimate of drug-likeness (QED) is 0.567. The van der Waals surface area contributed by atoms with E-state index in [2.05, 4.69) is 0 Å². The summed E-state index contributed by atoms with van der Waals surface area (Å²) in [5, 5.41) is 0. The van der Waals surface area contributed by atoms with Gasteiger partial charge in [-0.1, -0.05) is 18.2 Å². The van der Waals surface area contributed by atoms with Crippen molar-refractivity contribution in [1.29, 1.82) is 0 Å². The third kappa shape index (κ3) is 3.63. The Morgan fingerprint density at radius 3 is 2.62 bits per heavy atom. The molecule has 2 aromatic rings. The molecule has 0 bridgehead atoms. The first kappa shape index (κ1) is 18.9. The van der Waals surface area contributed by atoms with Crippen molar-refractivity contribution in [3.63, 3.8) is 0 Å². The van der Waals surface area contributed by atoms with E-state index < -0.39 is 24.0 Å². The second-order valence-electron chi connectivity index (χ2n) is 6.54. The van der Waals surface area contributed by atoms with E-state index in [1.807, 2.05) is 0 Å². The normalized spacial score (nSPS) is 21.2. The predicted octanol–water partition coefficient (Wildman–Crippen LogP) is 3.28. The lowest BCUT2D eigenvalue weighted by Gasteiger charge is -2.17. The summed E-state index contributed by atoms with van der Waals surface area (Å²) >= 11 is 0. The number of fused-ring (bicyclic) bond motifs is 1. The minimum atomic E-state index is -0.884. The van der Waals surface area contributed by atoms with E-state index in [1.54, 1.807) is 62.6 Å². The smallest absolute Gasteiger partial charge is 0.335 e. The standard InChI is InChI=1S/C22H20O7/c1-3-26-22(24)19-16(10-13-4-7-15(25-2)8-5-13)21(23)29-20(19)14-6-9-17-18(11-14)28-12-27-17/h4-11,19-20H,3,12H2,1-2H3/b16-10+/t19-,20-/m0/s1. The summed E-state index contributed by atoms with van der Waals surface area (Å²) in [5.74, 6) is -0.0953. The zero-order valence-electron chi connectivity index (χ0n) is 16.0. The van der Waals surface area contributed by atoms with Gasteiger partial charge in [0.2, 0.25) is 6.79 Å². The van der Waals surface area contributed by atoms with Crippen molar-refractivity contribution in [1.82, 2.24) is 0 Å². The highest BCUT2D eigenvalue weighted by Crippen LogP contribution is 2.43. The van der Waals surface area contributed by atoms with Crippen LogP contribution in [0, 0.1) is 5.92 Å². The molecule has 150 valence electrons. The Balaban J connectivity index is 1.71. The minimum Gasteiger partial charge on any atom is -0.497 e. The van der Waals surface area contributed by atoms with Gasteiger partial charge in [0.25, 0.3) is 0 Å². The summed E-state index contributed by atoms with van der Waals surface area (Å²) in [7, 11) is 1.58. The molecule has 0 radical (unpaired) electrons. The Morgan fingerprint density at radius 1 is 1.14 bits per heavy atom. The lowest BCUT2D eigenvalue weighted by atomic mass is 9.90. The van der Waals surface area contributed by atoms with E-state index in [9.17, 15) is 9.59 Å². The number of ether oxygens (including phenoxy) is 5. The number of cyclic esters (lactones) is 1. The van der Waals surface area contributed by atoms with Gasteiger partial charge < -0.3 is 23.7 Å². The van der Waals surface area contributed by atoms with Gasteiger partial charge in [-0.3, -0.25) is 4.79 Å². The van der Waals surface area contributed by atoms with Crippen LogP contribution in [0.15, 0.2) is 48.0 Å². The van der Waals surface area contributed by atoms with E-state index in [-0.39, 0.29) is 19.0 Å². The number of carbonyl (C=O) groups excluding carboxylic acids is 2. The number of rotatable bonds is 5. The number of hydrogen-bond acceptors (Lipinski definition) is 7. The summed E-state index contributed by atoms with van der Waals surface area (Å²) in [5.41, 5.74) is 1.63. The fourth-order valence-corrected chi connectivity index (χ4v) is 3.40. The van der Waals surface area contributed by atoms with Crippen LogP contribution in [0.2, 0.25) is 0 Å². The van der Waals surface area contributed by atoms with Crippen molar-refractivity contribution >= 4 is 18.0 Å². The van der Waals surface area contributed by atoms with Crippen LogP contribution in [0.1, 0.15) is 24.2 Å². The van der Waals surface area contributed by atoms with Crippen LogP contribution in [0.5, 0.6) is 17.2 Å². The van der Waals surface area contributed by atoms with Crippen LogP contribution in [0.3, 0.4) is 0 Å². The molecule has 0 N–H and O–H groups in total. The van der Waals surface area contributed by atoms with Gasteiger partial charge >= 0.3 is 11.9 Å². The van der Waals surface area contributed by atoms with Crippen LogP contribution in [-0.4, -0.2) is 32.4 Å². The van der Waals surface area contributed by atoms with Gasteiger partial charge in [0.1, 0.15) is 17.8 Å². The summed E-state index contributed by atoms with van der Waals surface area (Å²) < 4.78 is 26.7. The highest BCUT2D eigenvalue weighted by Gasteiger charge is 2.46. The first-order valence-electron chi connectivity index (χ1n) is 9.23. The molecule has 1 saturated heterocycles. The van der Waals surface area contributed by atoms with E-state index in [1.165, 1.54) is 0 Å². The van der Waals surface area contributed by atoms with Crippen molar-refractivity contribution in [3.8, 4) is 17.2 Å². The van der Waals surface area contributed by atoms with E-state index in [4.69, 9.17) is 23.7 Å². The molecule has 2 aromatic carbocycles. The number of methoxy groups -OCH3 is 1. The molecule has 0 aliphatic carbocycles. The molecule has 0 amide bonds. The van der Waals surface area contributed by atoms with E-state index in [0.717, 1.165) is 5.56 Å². The Morgan fingerprint density at radius 2 is 1.90 bits per heavy atom. The number of benzene rings is 2. The van der Waals surface area contributed by atoms with Crippen molar-refractivity contribution in [3.05, 3.63) is 59.2 Å². The molecule has 4 rings (SSSR count). The summed E-state index contributed by atoms with van der Waals surface area (Å²) in [4.78, 5) is 25.4. The van der Waals surface area contributed by atoms with Gasteiger partial charge in [-0.15, -0.1) is 0 Å². The Bertz CT molecular complexity index is 962. The van der Waals surface area contributed by atoms with Gasteiger partial charge in [0.05, 0.1) is 19.3 Å². The maximum Gasteiger partial charge on any atom is 0.335 e. The first-order chi connectivity index (χ1) is 14.1. The molecule has 0 unspecified atom stereocenters. The topological polar surface area (TPSA) is 80.3 Å². The monoisotopic (exact) mass is 396 g/mol. The van der Waals surface area contributed by atoms with Gasteiger partial charge in [-0.05, 0) is 48.4 Å². The van der Waals surface area contributed by atoms with Crippen molar-refractivity contribution in [2.45, 2.75) is 13.0 Å². The second-order valence-corrected chi connectivity index (χ2v) is 6.54.